The molecule has 21 heterocycles. The van der Waals surface area contributed by atoms with Gasteiger partial charge in [0.05, 0.1) is 0 Å². The maximum absolute atomic E-state index is 12.2. The zero-order chi connectivity index (χ0) is 75.9. The van der Waals surface area contributed by atoms with E-state index >= 15 is 0 Å². The summed E-state index contributed by atoms with van der Waals surface area (Å²) in [6.07, 6.45) is -58.5. The van der Waals surface area contributed by atoms with E-state index in [9.17, 15) is 71.5 Å². The Balaban J connectivity index is 1.19. The van der Waals surface area contributed by atoms with Gasteiger partial charge in [-0.25, -0.2) is 0 Å². The molecule has 0 aliphatic carbocycles. The summed E-state index contributed by atoms with van der Waals surface area (Å²) < 4.78 is 89.5. The lowest BCUT2D eigenvalue weighted by atomic mass is 9.94. The predicted octanol–water partition coefficient (Wildman–Crippen LogP) is -15.6. The molecule has 0 aromatic rings. The Labute approximate surface area is 610 Å². The Hall–Kier alpha value is -1.68. The molecule has 21 saturated heterocycles. The highest BCUT2D eigenvalue weighted by Crippen LogP contribution is 2.39. The number of rotatable bonds is 35. The van der Waals surface area contributed by atoms with Gasteiger partial charge >= 0.3 is 0 Å². The van der Waals surface area contributed by atoms with Crippen LogP contribution in [-0.4, -0.2) is 424 Å². The van der Waals surface area contributed by atoms with Gasteiger partial charge in [0.2, 0.25) is 0 Å². The Kier molecular flexibility index (Phi) is 38.3. The van der Waals surface area contributed by atoms with Crippen LogP contribution in [0.2, 0.25) is 0 Å². The highest BCUT2D eigenvalue weighted by atomic mass is 16.8. The zero-order valence-corrected chi connectivity index (χ0v) is 59.5. The van der Waals surface area contributed by atoms with Crippen molar-refractivity contribution in [3.05, 3.63) is 0 Å². The normalized spacial score (nSPS) is 43.8. The lowest BCUT2D eigenvalue weighted by molar-refractivity contribution is -0.392. The number of ether oxygens (including phenoxy) is 14. The van der Waals surface area contributed by atoms with Crippen molar-refractivity contribution in [2.75, 3.05) is 137 Å². The fraction of sp³-hybridized carbons (Fsp3) is 1.00. The van der Waals surface area contributed by atoms with Gasteiger partial charge in [-0.05, 0) is 137 Å². The van der Waals surface area contributed by atoms with E-state index in [1.165, 1.54) is 0 Å². The van der Waals surface area contributed by atoms with Crippen LogP contribution < -0.4 is 77.4 Å². The molecule has 0 saturated carbocycles. The molecule has 0 radical (unpaired) electrons. The van der Waals surface area contributed by atoms with Crippen LogP contribution in [0.1, 0.15) is 44.9 Å². The third-order valence-electron chi connectivity index (χ3n) is 19.8. The first-order valence-corrected chi connectivity index (χ1v) is 37.2. The molecule has 0 unspecified atom stereocenters. The molecular weight excluding hydrogens is 1400 g/mol. The molecule has 616 valence electrons. The van der Waals surface area contributed by atoms with E-state index in [1.54, 1.807) is 0 Å². The van der Waals surface area contributed by atoms with Crippen LogP contribution in [0.3, 0.4) is 0 Å². The smallest absolute Gasteiger partial charge is 0.187 e. The van der Waals surface area contributed by atoms with Gasteiger partial charge in [0.25, 0.3) is 0 Å². The third-order valence-corrected chi connectivity index (χ3v) is 19.8. The highest BCUT2D eigenvalue weighted by Gasteiger charge is 2.60. The highest BCUT2D eigenvalue weighted by molar-refractivity contribution is 5.03. The van der Waals surface area contributed by atoms with Crippen LogP contribution in [-0.2, 0) is 66.3 Å². The second-order valence-electron chi connectivity index (χ2n) is 27.8. The molecule has 21 rings (SSSR count). The monoisotopic (exact) mass is 1530 g/mol. The van der Waals surface area contributed by atoms with Gasteiger partial charge in [0, 0.05) is 45.8 Å². The summed E-state index contributed by atoms with van der Waals surface area (Å²) in [7, 11) is 0. The third kappa shape index (κ3) is 23.7. The molecule has 0 amide bonds. The van der Waals surface area contributed by atoms with Gasteiger partial charge in [0.1, 0.15) is 171 Å². The van der Waals surface area contributed by atoms with Crippen LogP contribution >= 0.6 is 0 Å². The second-order valence-corrected chi connectivity index (χ2v) is 27.8. The van der Waals surface area contributed by atoms with Crippen molar-refractivity contribution >= 4 is 0 Å². The maximum atomic E-state index is 12.2. The molecular formula is C63H126N14O28. The molecule has 42 heteroatoms. The van der Waals surface area contributed by atoms with E-state index in [2.05, 4.69) is 37.2 Å². The summed E-state index contributed by atoms with van der Waals surface area (Å²) in [5, 5.41) is 192. The molecule has 35 N–H and O–H groups in total. The van der Waals surface area contributed by atoms with Crippen molar-refractivity contribution in [2.24, 2.45) is 40.1 Å². The minimum absolute atomic E-state index is 0.154. The van der Waals surface area contributed by atoms with Gasteiger partial charge in [-0.1, -0.05) is 0 Å². The number of hydrogen-bond donors (Lipinski definition) is 28. The average Bonchev–Trinajstić information content (AvgIpc) is 0.793. The van der Waals surface area contributed by atoms with Crippen LogP contribution in [0, 0.1) is 0 Å². The molecule has 0 aromatic carbocycles. The zero-order valence-electron chi connectivity index (χ0n) is 59.5. The van der Waals surface area contributed by atoms with Crippen LogP contribution in [0.4, 0.5) is 0 Å². The van der Waals surface area contributed by atoms with E-state index in [-0.39, 0.29) is 91.6 Å². The first-order chi connectivity index (χ1) is 50.7. The van der Waals surface area contributed by atoms with Crippen molar-refractivity contribution < 1.29 is 138 Å². The van der Waals surface area contributed by atoms with Crippen molar-refractivity contribution in [1.29, 1.82) is 0 Å². The molecule has 14 bridgehead atoms. The predicted molar refractivity (Wildman–Crippen MR) is 365 cm³/mol. The Morgan fingerprint density at radius 3 is 0.390 bits per heavy atom. The largest absolute Gasteiger partial charge is 0.387 e. The lowest BCUT2D eigenvalue weighted by Gasteiger charge is -2.50. The summed E-state index contributed by atoms with van der Waals surface area (Å²) in [4.78, 5) is 0. The fourth-order valence-electron chi connectivity index (χ4n) is 13.8. The Morgan fingerprint density at radius 2 is 0.286 bits per heavy atom. The van der Waals surface area contributed by atoms with Gasteiger partial charge in [0.15, 0.2) is 44.0 Å². The minimum Gasteiger partial charge on any atom is -0.387 e. The Morgan fingerprint density at radius 1 is 0.171 bits per heavy atom. The van der Waals surface area contributed by atoms with E-state index < -0.39 is 215 Å². The molecule has 35 atom stereocenters. The summed E-state index contributed by atoms with van der Waals surface area (Å²) in [5.41, 5.74) is 40.8. The first kappa shape index (κ1) is 88.9. The van der Waals surface area contributed by atoms with E-state index in [0.29, 0.717) is 90.8 Å². The first-order valence-electron chi connectivity index (χ1n) is 37.2. The molecule has 42 nitrogen and oxygen atoms in total. The summed E-state index contributed by atoms with van der Waals surface area (Å²) >= 11 is 0. The number of aliphatic hydroxyl groups excluding tert-OH is 14. The number of nitrogens with two attached hydrogens (primary N) is 7. The van der Waals surface area contributed by atoms with Crippen LogP contribution in [0.15, 0.2) is 0 Å². The minimum atomic E-state index is -2.05. The van der Waals surface area contributed by atoms with Crippen molar-refractivity contribution in [3.8, 4) is 0 Å². The second kappa shape index (κ2) is 45.3. The summed E-state index contributed by atoms with van der Waals surface area (Å²) in [6.45, 7) is 3.00. The summed E-state index contributed by atoms with van der Waals surface area (Å²) in [5.74, 6) is 0. The van der Waals surface area contributed by atoms with Crippen LogP contribution in [0.5, 0.6) is 0 Å². The molecule has 21 fully saturated rings. The SMILES string of the molecule is NCCCNC[C@H]1O[C@@H]2O[C@H]3[C@H](O)[C@@H](O)[C@@H](O[C@H]4[C@H](O)[C@@H](O)[C@@H](O[C@H]5[C@H](O)[C@@H](O)[C@@H](O[C@H]6[C@H](O)[C@@H](O)[C@@H](O[C@H]7[C@H](O)[C@@H](O)[C@@H](O[C@H]8[C@H](O)[C@@H](O)[C@@H](O[C@H]1[C@H](O)[C@H]2O)O[C@@H]8CNCCCN)O[C@@H]7CNCCCN)O[C@@H]6CNCCCN)O[C@@H]5CNCCCN)O[C@@H]4CNCCCN)O[C@@H]3CNCCCN. The maximum Gasteiger partial charge on any atom is 0.187 e. The lowest BCUT2D eigenvalue weighted by Crippen LogP contribution is -2.69. The van der Waals surface area contributed by atoms with Crippen LogP contribution in [0.25, 0.3) is 0 Å². The van der Waals surface area contributed by atoms with E-state index in [1.807, 2.05) is 0 Å². The van der Waals surface area contributed by atoms with Crippen molar-refractivity contribution in [1.82, 2.24) is 37.2 Å². The van der Waals surface area contributed by atoms with Crippen molar-refractivity contribution in [2.45, 2.75) is 260 Å². The van der Waals surface area contributed by atoms with Gasteiger partial charge in [-0.15, -0.1) is 0 Å². The fourth-order valence-corrected chi connectivity index (χ4v) is 13.8. The molecule has 105 heavy (non-hydrogen) atoms. The number of nitrogens with one attached hydrogen (secondary N) is 7. The summed E-state index contributed by atoms with van der Waals surface area (Å²) in [6, 6.07) is 0. The van der Waals surface area contributed by atoms with Gasteiger partial charge in [-0.2, -0.15) is 0 Å². The Bertz CT molecular complexity index is 1950. The number of hydrogen-bond acceptors (Lipinski definition) is 42. The standard InChI is InChI=1S/C63H126N14O28/c64-8-1-15-71-22-29-50-36(78)43(85)57(92-29)100-51-30(23-72-16-2-9-65)94-59(45(87)38(51)80)102-53-32(25-74-18-4-11-67)96-61(47(89)40(53)82)104-55-34(27-76-20-6-13-69)98-63(49(91)42(55)84)105-56-35(28-77-21-7-14-70)97-62(48(90)41(56)83)103-54-33(26-75-19-5-12-68)95-60(46(88)39(54)81)101-52-31(24-73-17-3-10-66)93-58(99-50)44(86)37(52)79/h29-63,71-91H,1-28,64-70H2/t29-,30-,31-,32-,33-,34-,35-,36-,37-,38-,39-,40-,41-,42-,43-,44-,45-,46-,47-,48-,49-,50-,51-,52-,53-,54-,55-,56-,57-,58-,59-,60-,61-,62-,63-/m1/s1. The van der Waals surface area contributed by atoms with E-state index in [0.717, 1.165) is 0 Å². The van der Waals surface area contributed by atoms with Gasteiger partial charge in [-0.3, -0.25) is 0 Å². The molecule has 21 aliphatic rings. The quantitative estimate of drug-likeness (QED) is 0.0262. The van der Waals surface area contributed by atoms with Crippen molar-refractivity contribution in [3.63, 3.8) is 0 Å². The van der Waals surface area contributed by atoms with Gasteiger partial charge < -0.3 is 215 Å². The molecule has 0 aromatic heterocycles. The van der Waals surface area contributed by atoms with E-state index in [4.69, 9.17) is 106 Å². The average molecular weight is 1530 g/mol. The number of aliphatic hydroxyl groups is 14. The topological polar surface area (TPSA) is 679 Å². The molecule has 21 aliphatic heterocycles. The molecule has 0 spiro atoms.